The lowest BCUT2D eigenvalue weighted by Gasteiger charge is -2.17. The van der Waals surface area contributed by atoms with Crippen molar-refractivity contribution in [3.63, 3.8) is 0 Å². The molecule has 0 aliphatic carbocycles. The van der Waals surface area contributed by atoms with E-state index in [1.807, 2.05) is 24.3 Å². The first kappa shape index (κ1) is 21.3. The minimum Gasteiger partial charge on any atom is -0.341 e. The summed E-state index contributed by atoms with van der Waals surface area (Å²) >= 11 is 3.36. The number of sulfonamides is 1. The topological polar surface area (TPSA) is 83.5 Å². The lowest BCUT2D eigenvalue weighted by Crippen LogP contribution is -2.32. The van der Waals surface area contributed by atoms with Crippen molar-refractivity contribution in [3.05, 3.63) is 64.1 Å². The molecule has 0 radical (unpaired) electrons. The monoisotopic (exact) mass is 452 g/mol. The van der Waals surface area contributed by atoms with Crippen LogP contribution < -0.4 is 4.72 Å². The van der Waals surface area contributed by atoms with Gasteiger partial charge in [0.2, 0.25) is 15.9 Å². The van der Waals surface area contributed by atoms with Gasteiger partial charge in [-0.25, -0.2) is 13.1 Å². The SMILES string of the molecule is CC(=O)c1ccc(S(=O)(=O)NCCC(=O)N(C)Cc2ccc(Br)cc2)cc1. The van der Waals surface area contributed by atoms with Gasteiger partial charge in [-0.15, -0.1) is 0 Å². The average molecular weight is 453 g/mol. The van der Waals surface area contributed by atoms with Gasteiger partial charge in [-0.2, -0.15) is 0 Å². The number of nitrogens with zero attached hydrogens (tertiary/aromatic N) is 1. The van der Waals surface area contributed by atoms with Crippen molar-refractivity contribution in [1.29, 1.82) is 0 Å². The highest BCUT2D eigenvalue weighted by atomic mass is 79.9. The molecule has 0 unspecified atom stereocenters. The van der Waals surface area contributed by atoms with E-state index in [4.69, 9.17) is 0 Å². The Balaban J connectivity index is 1.87. The first-order valence-electron chi connectivity index (χ1n) is 8.28. The third-order valence-corrected chi connectivity index (χ3v) is 5.97. The number of carbonyl (C=O) groups is 2. The summed E-state index contributed by atoms with van der Waals surface area (Å²) in [6.07, 6.45) is 0.0534. The molecule has 144 valence electrons. The smallest absolute Gasteiger partial charge is 0.240 e. The molecule has 6 nitrogen and oxygen atoms in total. The average Bonchev–Trinajstić information content (AvgIpc) is 2.63. The van der Waals surface area contributed by atoms with Crippen LogP contribution in [0.15, 0.2) is 57.9 Å². The van der Waals surface area contributed by atoms with Gasteiger partial charge in [0.25, 0.3) is 0 Å². The summed E-state index contributed by atoms with van der Waals surface area (Å²) in [5.41, 5.74) is 1.43. The van der Waals surface area contributed by atoms with E-state index in [0.29, 0.717) is 12.1 Å². The number of hydrogen-bond donors (Lipinski definition) is 1. The number of hydrogen-bond acceptors (Lipinski definition) is 4. The van der Waals surface area contributed by atoms with Gasteiger partial charge in [0.05, 0.1) is 4.90 Å². The lowest BCUT2D eigenvalue weighted by atomic mass is 10.2. The van der Waals surface area contributed by atoms with Crippen LogP contribution in [-0.4, -0.2) is 38.6 Å². The number of Topliss-reactive ketones (excluding diaryl/α,β-unsaturated/α-hetero) is 1. The normalized spacial score (nSPS) is 11.2. The van der Waals surface area contributed by atoms with Crippen LogP contribution in [-0.2, 0) is 21.4 Å². The second-order valence-corrected chi connectivity index (χ2v) is 8.79. The van der Waals surface area contributed by atoms with E-state index in [1.165, 1.54) is 31.2 Å². The van der Waals surface area contributed by atoms with E-state index in [0.717, 1.165) is 10.0 Å². The molecule has 1 N–H and O–H groups in total. The Morgan fingerprint density at radius 1 is 1.04 bits per heavy atom. The van der Waals surface area contributed by atoms with Crippen LogP contribution in [0.3, 0.4) is 0 Å². The Morgan fingerprint density at radius 2 is 1.63 bits per heavy atom. The quantitative estimate of drug-likeness (QED) is 0.623. The number of carbonyl (C=O) groups excluding carboxylic acids is 2. The van der Waals surface area contributed by atoms with Crippen molar-refractivity contribution in [2.75, 3.05) is 13.6 Å². The molecule has 0 heterocycles. The summed E-state index contributed by atoms with van der Waals surface area (Å²) in [7, 11) is -2.05. The summed E-state index contributed by atoms with van der Waals surface area (Å²) in [5.74, 6) is -0.293. The molecule has 8 heteroatoms. The summed E-state index contributed by atoms with van der Waals surface area (Å²) in [6.45, 7) is 1.86. The van der Waals surface area contributed by atoms with Gasteiger partial charge in [0, 0.05) is 36.6 Å². The first-order chi connectivity index (χ1) is 12.7. The van der Waals surface area contributed by atoms with Crippen LogP contribution in [0.25, 0.3) is 0 Å². The summed E-state index contributed by atoms with van der Waals surface area (Å²) in [6, 6.07) is 13.3. The van der Waals surface area contributed by atoms with Crippen LogP contribution in [0.2, 0.25) is 0 Å². The molecule has 0 aliphatic heterocycles. The molecule has 0 aliphatic rings. The van der Waals surface area contributed by atoms with E-state index in [1.54, 1.807) is 11.9 Å². The molecular weight excluding hydrogens is 432 g/mol. The molecule has 0 bridgehead atoms. The zero-order chi connectivity index (χ0) is 20.0. The van der Waals surface area contributed by atoms with Crippen LogP contribution >= 0.6 is 15.9 Å². The molecule has 2 aromatic rings. The third kappa shape index (κ3) is 6.27. The fraction of sp³-hybridized carbons (Fsp3) is 0.263. The van der Waals surface area contributed by atoms with Gasteiger partial charge in [-0.1, -0.05) is 40.2 Å². The zero-order valence-electron chi connectivity index (χ0n) is 15.1. The van der Waals surface area contributed by atoms with E-state index >= 15 is 0 Å². The van der Waals surface area contributed by atoms with Gasteiger partial charge in [0.15, 0.2) is 5.78 Å². The lowest BCUT2D eigenvalue weighted by molar-refractivity contribution is -0.130. The number of rotatable bonds is 8. The molecule has 0 atom stereocenters. The Labute approximate surface area is 167 Å². The second-order valence-electron chi connectivity index (χ2n) is 6.10. The van der Waals surface area contributed by atoms with Crippen molar-refractivity contribution in [3.8, 4) is 0 Å². The van der Waals surface area contributed by atoms with E-state index in [9.17, 15) is 18.0 Å². The Bertz CT molecular complexity index is 910. The first-order valence-corrected chi connectivity index (χ1v) is 10.6. The second kappa shape index (κ2) is 9.25. The Kier molecular flexibility index (Phi) is 7.29. The maximum atomic E-state index is 12.3. The molecule has 2 aromatic carbocycles. The maximum absolute atomic E-state index is 12.3. The number of ketones is 1. The van der Waals surface area contributed by atoms with Crippen LogP contribution in [0, 0.1) is 0 Å². The molecular formula is C19H21BrN2O4S. The summed E-state index contributed by atoms with van der Waals surface area (Å²) in [4.78, 5) is 25.1. The van der Waals surface area contributed by atoms with Gasteiger partial charge in [-0.3, -0.25) is 9.59 Å². The predicted octanol–water partition coefficient (Wildman–Crippen LogP) is 2.98. The van der Waals surface area contributed by atoms with Gasteiger partial charge < -0.3 is 4.90 Å². The highest BCUT2D eigenvalue weighted by Crippen LogP contribution is 2.13. The Morgan fingerprint density at radius 3 is 2.19 bits per heavy atom. The highest BCUT2D eigenvalue weighted by Gasteiger charge is 2.16. The van der Waals surface area contributed by atoms with Crippen molar-refractivity contribution in [2.24, 2.45) is 0 Å². The molecule has 0 fully saturated rings. The minimum atomic E-state index is -3.73. The van der Waals surface area contributed by atoms with Crippen LogP contribution in [0.4, 0.5) is 0 Å². The highest BCUT2D eigenvalue weighted by molar-refractivity contribution is 9.10. The fourth-order valence-corrected chi connectivity index (χ4v) is 3.68. The molecule has 0 spiro atoms. The van der Waals surface area contributed by atoms with Crippen molar-refractivity contribution < 1.29 is 18.0 Å². The largest absolute Gasteiger partial charge is 0.341 e. The molecule has 27 heavy (non-hydrogen) atoms. The standard InChI is InChI=1S/C19H21BrN2O4S/c1-14(23)16-5-9-18(10-6-16)27(25,26)21-12-11-19(24)22(2)13-15-3-7-17(20)8-4-15/h3-10,21H,11-13H2,1-2H3. The molecule has 1 amide bonds. The number of halogens is 1. The van der Waals surface area contributed by atoms with Gasteiger partial charge in [-0.05, 0) is 36.8 Å². The van der Waals surface area contributed by atoms with Gasteiger partial charge >= 0.3 is 0 Å². The molecule has 2 rings (SSSR count). The zero-order valence-corrected chi connectivity index (χ0v) is 17.5. The number of benzene rings is 2. The van der Waals surface area contributed by atoms with E-state index in [-0.39, 0.29) is 29.6 Å². The van der Waals surface area contributed by atoms with Crippen molar-refractivity contribution in [1.82, 2.24) is 9.62 Å². The van der Waals surface area contributed by atoms with Crippen molar-refractivity contribution in [2.45, 2.75) is 24.8 Å². The van der Waals surface area contributed by atoms with E-state index in [2.05, 4.69) is 20.7 Å². The molecule has 0 aromatic heterocycles. The number of nitrogens with one attached hydrogen (secondary N) is 1. The molecule has 0 saturated carbocycles. The Hall–Kier alpha value is -2.03. The molecule has 0 saturated heterocycles. The third-order valence-electron chi connectivity index (χ3n) is 3.96. The minimum absolute atomic E-state index is 0.000302. The van der Waals surface area contributed by atoms with E-state index < -0.39 is 10.0 Å². The fourth-order valence-electron chi connectivity index (χ4n) is 2.39. The van der Waals surface area contributed by atoms with Crippen LogP contribution in [0.5, 0.6) is 0 Å². The predicted molar refractivity (Wildman–Crippen MR) is 107 cm³/mol. The van der Waals surface area contributed by atoms with Crippen molar-refractivity contribution >= 4 is 37.6 Å². The summed E-state index contributed by atoms with van der Waals surface area (Å²) < 4.78 is 27.9. The summed E-state index contributed by atoms with van der Waals surface area (Å²) in [5, 5.41) is 0. The van der Waals surface area contributed by atoms with Crippen LogP contribution in [0.1, 0.15) is 29.3 Å². The maximum Gasteiger partial charge on any atom is 0.240 e. The van der Waals surface area contributed by atoms with Gasteiger partial charge in [0.1, 0.15) is 0 Å². The number of amides is 1.